The van der Waals surface area contributed by atoms with Gasteiger partial charge in [-0.25, -0.2) is 0 Å². The molecule has 0 radical (unpaired) electrons. The summed E-state index contributed by atoms with van der Waals surface area (Å²) in [6.07, 6.45) is 9.86. The van der Waals surface area contributed by atoms with Crippen molar-refractivity contribution in [1.82, 2.24) is 5.32 Å². The van der Waals surface area contributed by atoms with Gasteiger partial charge in [0, 0.05) is 17.5 Å². The predicted octanol–water partition coefficient (Wildman–Crippen LogP) is 4.11. The zero-order chi connectivity index (χ0) is 14.1. The molecule has 0 amide bonds. The number of rotatable bonds is 5. The van der Waals surface area contributed by atoms with E-state index in [4.69, 9.17) is 4.74 Å². The topological polar surface area (TPSA) is 21.3 Å². The normalized spacial score (nSPS) is 31.7. The minimum absolute atomic E-state index is 0.632. The number of fused-ring (bicyclic) bond motifs is 1. The Morgan fingerprint density at radius 3 is 2.67 bits per heavy atom. The largest absolute Gasteiger partial charge is 0.493 e. The summed E-state index contributed by atoms with van der Waals surface area (Å²) in [4.78, 5) is 0. The van der Waals surface area contributed by atoms with Crippen molar-refractivity contribution >= 4 is 0 Å². The summed E-state index contributed by atoms with van der Waals surface area (Å²) < 4.78 is 5.88. The molecule has 3 aliphatic rings. The average molecular weight is 285 g/mol. The standard InChI is InChI=1S/C19H27NO/c1-2-6-15(12-20-17-9-10-17)14(5-1)11-16-13-21-19-8-4-3-7-18(16)19/h3-4,7-8,14-17,20H,1-2,5-6,9-13H2. The van der Waals surface area contributed by atoms with Crippen molar-refractivity contribution in [2.75, 3.05) is 13.2 Å². The van der Waals surface area contributed by atoms with Crippen molar-refractivity contribution in [1.29, 1.82) is 0 Å². The summed E-state index contributed by atoms with van der Waals surface area (Å²) in [7, 11) is 0. The highest BCUT2D eigenvalue weighted by Gasteiger charge is 2.32. The Labute approximate surface area is 128 Å². The minimum Gasteiger partial charge on any atom is -0.493 e. The molecule has 2 nitrogen and oxygen atoms in total. The second-order valence-electron chi connectivity index (χ2n) is 7.27. The van der Waals surface area contributed by atoms with Gasteiger partial charge in [0.2, 0.25) is 0 Å². The van der Waals surface area contributed by atoms with Crippen LogP contribution >= 0.6 is 0 Å². The van der Waals surface area contributed by atoms with Gasteiger partial charge in [-0.1, -0.05) is 37.5 Å². The lowest BCUT2D eigenvalue weighted by Gasteiger charge is -2.33. The minimum atomic E-state index is 0.632. The zero-order valence-corrected chi connectivity index (χ0v) is 12.9. The van der Waals surface area contributed by atoms with E-state index in [0.717, 1.165) is 30.2 Å². The Morgan fingerprint density at radius 1 is 1.00 bits per heavy atom. The van der Waals surface area contributed by atoms with Crippen molar-refractivity contribution < 1.29 is 4.74 Å². The second kappa shape index (κ2) is 6.00. The molecule has 0 spiro atoms. The quantitative estimate of drug-likeness (QED) is 0.879. The third-order valence-corrected chi connectivity index (χ3v) is 5.70. The average Bonchev–Trinajstić information content (AvgIpc) is 3.27. The summed E-state index contributed by atoms with van der Waals surface area (Å²) in [5.74, 6) is 3.55. The van der Waals surface area contributed by atoms with E-state index in [-0.39, 0.29) is 0 Å². The first kappa shape index (κ1) is 13.6. The highest BCUT2D eigenvalue weighted by atomic mass is 16.5. The highest BCUT2D eigenvalue weighted by Crippen LogP contribution is 2.42. The maximum Gasteiger partial charge on any atom is 0.122 e. The number of ether oxygens (including phenoxy) is 1. The van der Waals surface area contributed by atoms with E-state index < -0.39 is 0 Å². The van der Waals surface area contributed by atoms with Gasteiger partial charge in [0.25, 0.3) is 0 Å². The lowest BCUT2D eigenvalue weighted by atomic mass is 9.74. The molecule has 4 rings (SSSR count). The molecule has 3 unspecified atom stereocenters. The van der Waals surface area contributed by atoms with Crippen molar-refractivity contribution in [3.8, 4) is 5.75 Å². The number of hydrogen-bond acceptors (Lipinski definition) is 2. The van der Waals surface area contributed by atoms with Crippen molar-refractivity contribution in [2.24, 2.45) is 11.8 Å². The molecular formula is C19H27NO. The molecule has 1 heterocycles. The van der Waals surface area contributed by atoms with Gasteiger partial charge in [-0.3, -0.25) is 0 Å². The molecule has 2 fully saturated rings. The molecule has 2 aliphatic carbocycles. The maximum absolute atomic E-state index is 5.88. The van der Waals surface area contributed by atoms with Gasteiger partial charge in [-0.15, -0.1) is 0 Å². The van der Waals surface area contributed by atoms with Crippen molar-refractivity contribution in [3.05, 3.63) is 29.8 Å². The summed E-state index contributed by atoms with van der Waals surface area (Å²) in [6.45, 7) is 2.16. The Kier molecular flexibility index (Phi) is 3.89. The Bertz CT molecular complexity index is 482. The smallest absolute Gasteiger partial charge is 0.122 e. The van der Waals surface area contributed by atoms with Gasteiger partial charge < -0.3 is 10.1 Å². The lowest BCUT2D eigenvalue weighted by Crippen LogP contribution is -2.32. The van der Waals surface area contributed by atoms with Crippen LogP contribution in [0.4, 0.5) is 0 Å². The van der Waals surface area contributed by atoms with Gasteiger partial charge in [0.1, 0.15) is 5.75 Å². The van der Waals surface area contributed by atoms with Crippen LogP contribution in [0.3, 0.4) is 0 Å². The zero-order valence-electron chi connectivity index (χ0n) is 12.9. The van der Waals surface area contributed by atoms with E-state index in [0.29, 0.717) is 5.92 Å². The molecule has 1 aromatic carbocycles. The van der Waals surface area contributed by atoms with Crippen LogP contribution in [0.5, 0.6) is 5.75 Å². The first-order chi connectivity index (χ1) is 10.4. The molecule has 1 aromatic rings. The van der Waals surface area contributed by atoms with E-state index in [1.165, 1.54) is 57.1 Å². The fourth-order valence-electron chi connectivity index (χ4n) is 4.26. The van der Waals surface area contributed by atoms with Crippen LogP contribution in [-0.2, 0) is 0 Å². The van der Waals surface area contributed by atoms with Crippen LogP contribution in [0.1, 0.15) is 56.4 Å². The summed E-state index contributed by atoms with van der Waals surface area (Å²) in [5.41, 5.74) is 1.46. The highest BCUT2D eigenvalue weighted by molar-refractivity contribution is 5.39. The molecular weight excluding hydrogens is 258 g/mol. The fourth-order valence-corrected chi connectivity index (χ4v) is 4.26. The van der Waals surface area contributed by atoms with Crippen LogP contribution in [0.15, 0.2) is 24.3 Å². The number of para-hydroxylation sites is 1. The third kappa shape index (κ3) is 3.11. The van der Waals surface area contributed by atoms with Gasteiger partial charge in [0.05, 0.1) is 6.61 Å². The summed E-state index contributed by atoms with van der Waals surface area (Å²) in [5, 5.41) is 3.77. The van der Waals surface area contributed by atoms with Crippen molar-refractivity contribution in [2.45, 2.75) is 56.9 Å². The first-order valence-corrected chi connectivity index (χ1v) is 8.85. The number of nitrogens with one attached hydrogen (secondary N) is 1. The van der Waals surface area contributed by atoms with E-state index in [1.54, 1.807) is 0 Å². The molecule has 1 N–H and O–H groups in total. The molecule has 1 aliphatic heterocycles. The van der Waals surface area contributed by atoms with Crippen molar-refractivity contribution in [3.63, 3.8) is 0 Å². The second-order valence-corrected chi connectivity index (χ2v) is 7.27. The summed E-state index contributed by atoms with van der Waals surface area (Å²) >= 11 is 0. The monoisotopic (exact) mass is 285 g/mol. The fraction of sp³-hybridized carbons (Fsp3) is 0.684. The molecule has 2 heteroatoms. The van der Waals surface area contributed by atoms with Gasteiger partial charge >= 0.3 is 0 Å². The van der Waals surface area contributed by atoms with E-state index in [9.17, 15) is 0 Å². The van der Waals surface area contributed by atoms with Crippen LogP contribution in [0.2, 0.25) is 0 Å². The van der Waals surface area contributed by atoms with Crippen LogP contribution in [0, 0.1) is 11.8 Å². The van der Waals surface area contributed by atoms with Crippen LogP contribution in [-0.4, -0.2) is 19.2 Å². The number of benzene rings is 1. The van der Waals surface area contributed by atoms with Gasteiger partial charge in [-0.2, -0.15) is 0 Å². The first-order valence-electron chi connectivity index (χ1n) is 8.85. The number of hydrogen-bond donors (Lipinski definition) is 1. The molecule has 0 saturated heterocycles. The maximum atomic E-state index is 5.88. The molecule has 2 saturated carbocycles. The molecule has 0 bridgehead atoms. The third-order valence-electron chi connectivity index (χ3n) is 5.70. The van der Waals surface area contributed by atoms with E-state index >= 15 is 0 Å². The van der Waals surface area contributed by atoms with Crippen LogP contribution < -0.4 is 10.1 Å². The van der Waals surface area contributed by atoms with Gasteiger partial charge in [0.15, 0.2) is 0 Å². The predicted molar refractivity (Wildman–Crippen MR) is 85.8 cm³/mol. The lowest BCUT2D eigenvalue weighted by molar-refractivity contribution is 0.196. The molecule has 3 atom stereocenters. The van der Waals surface area contributed by atoms with E-state index in [1.807, 2.05) is 0 Å². The molecule has 0 aromatic heterocycles. The Morgan fingerprint density at radius 2 is 1.81 bits per heavy atom. The molecule has 21 heavy (non-hydrogen) atoms. The Hall–Kier alpha value is -1.02. The Balaban J connectivity index is 1.39. The van der Waals surface area contributed by atoms with Crippen LogP contribution in [0.25, 0.3) is 0 Å². The summed E-state index contributed by atoms with van der Waals surface area (Å²) in [6, 6.07) is 9.50. The molecule has 114 valence electrons. The SMILES string of the molecule is c1ccc2c(c1)OCC2CC1CCCCC1CNC1CC1. The van der Waals surface area contributed by atoms with Gasteiger partial charge in [-0.05, 0) is 50.1 Å². The van der Waals surface area contributed by atoms with E-state index in [2.05, 4.69) is 29.6 Å².